The van der Waals surface area contributed by atoms with E-state index in [1.165, 1.54) is 10.6 Å². The van der Waals surface area contributed by atoms with Crippen LogP contribution in [-0.4, -0.2) is 81.2 Å². The monoisotopic (exact) mass is 680 g/mol. The van der Waals surface area contributed by atoms with E-state index in [-0.39, 0.29) is 92.5 Å². The molecular weight excluding hydrogens is 654 g/mol. The number of imidazole rings is 1. The minimum atomic E-state index is -4.84. The highest BCUT2D eigenvalue weighted by Crippen LogP contribution is 2.53. The Morgan fingerprint density at radius 2 is 1.87 bits per heavy atom. The molecule has 45 heavy (non-hydrogen) atoms. The molecule has 2 saturated heterocycles. The summed E-state index contributed by atoms with van der Waals surface area (Å²) in [5.74, 6) is -0.428. The fraction of sp³-hybridized carbons (Fsp3) is 0.429. The van der Waals surface area contributed by atoms with Gasteiger partial charge in [-0.25, -0.2) is 18.0 Å². The number of nitrogens with one attached hydrogen (secondary N) is 2. The van der Waals surface area contributed by atoms with E-state index in [2.05, 4.69) is 21.5 Å². The third kappa shape index (κ3) is 4.72. The molecule has 3 aliphatic heterocycles. The Bertz CT molecular complexity index is 2140. The molecule has 7 rings (SSSR count). The summed E-state index contributed by atoms with van der Waals surface area (Å²) in [7, 11) is -3.36. The van der Waals surface area contributed by atoms with Gasteiger partial charge in [-0.05, 0) is 26.0 Å². The van der Waals surface area contributed by atoms with E-state index >= 15 is 13.2 Å². The molecule has 2 N–H and O–H groups in total. The zero-order chi connectivity index (χ0) is 32.2. The van der Waals surface area contributed by atoms with E-state index in [0.717, 1.165) is 29.2 Å². The first-order chi connectivity index (χ1) is 21.1. The normalized spacial score (nSPS) is 22.5. The largest absolute Gasteiger partial charge is 0.417 e. The summed E-state index contributed by atoms with van der Waals surface area (Å²) in [5.41, 5.74) is -2.46. The number of alkyl halides is 3. The number of thiophene rings is 1. The first kappa shape index (κ1) is 30.1. The number of thioether (sulfide) groups is 1. The maximum atomic E-state index is 15.1. The first-order valence-electron chi connectivity index (χ1n) is 14.0. The van der Waals surface area contributed by atoms with E-state index < -0.39 is 38.4 Å². The van der Waals surface area contributed by atoms with Crippen LogP contribution in [0.25, 0.3) is 32.4 Å². The van der Waals surface area contributed by atoms with Gasteiger partial charge in [-0.1, -0.05) is 6.58 Å². The van der Waals surface area contributed by atoms with E-state index in [1.54, 1.807) is 15.2 Å². The van der Waals surface area contributed by atoms with Crippen LogP contribution in [0, 0.1) is 5.41 Å². The summed E-state index contributed by atoms with van der Waals surface area (Å²) in [5, 5.41) is 1.66. The number of anilines is 1. The van der Waals surface area contributed by atoms with Crippen LogP contribution in [0.3, 0.4) is 0 Å². The SMILES string of the molecule is C=CC(=O)N1[C@H](C)CN(c2nc(=O)n3c4c(c(-c5scc6[nH]c(=O)[nH]c56)c(C(F)(F)F)cc24)SCC2(C3)CS(=O)(=O)C2)C[C@@H]1C. The molecule has 1 spiro atoms. The van der Waals surface area contributed by atoms with E-state index in [1.807, 2.05) is 13.8 Å². The highest BCUT2D eigenvalue weighted by Gasteiger charge is 2.51. The van der Waals surface area contributed by atoms with E-state index in [9.17, 15) is 22.8 Å². The Kier molecular flexibility index (Phi) is 6.66. The number of halogens is 3. The molecule has 0 aliphatic carbocycles. The second-order valence-electron chi connectivity index (χ2n) is 12.1. The Morgan fingerprint density at radius 3 is 2.49 bits per heavy atom. The standard InChI is InChI=1S/C28H27F3N6O5S3/c1-4-18(38)37-13(2)6-35(7-14(37)3)24-15-5-16(28(29,30)31)19(22-20-17(8-43-22)32-25(39)33-20)23-21(15)36(26(40)34-24)9-27(10-44-23)11-45(41,42)12-27/h4-5,8,13-14H,1,6-7,9-12H2,2-3H3,(H2,32,33,39)/t13-,14+. The number of sulfone groups is 1. The lowest BCUT2D eigenvalue weighted by atomic mass is 9.94. The predicted octanol–water partition coefficient (Wildman–Crippen LogP) is 3.45. The van der Waals surface area contributed by atoms with Gasteiger partial charge in [0.25, 0.3) is 0 Å². The Balaban J connectivity index is 1.52. The lowest BCUT2D eigenvalue weighted by molar-refractivity contribution is -0.137. The van der Waals surface area contributed by atoms with E-state index in [4.69, 9.17) is 0 Å². The number of carbonyl (C=O) groups is 1. The fourth-order valence-corrected chi connectivity index (χ4v) is 12.1. The van der Waals surface area contributed by atoms with Crippen molar-refractivity contribution in [1.82, 2.24) is 24.4 Å². The van der Waals surface area contributed by atoms with Gasteiger partial charge >= 0.3 is 17.6 Å². The van der Waals surface area contributed by atoms with E-state index in [0.29, 0.717) is 5.52 Å². The molecule has 2 fully saturated rings. The molecule has 3 aliphatic rings. The van der Waals surface area contributed by atoms with Crippen LogP contribution in [-0.2, 0) is 27.4 Å². The molecule has 11 nitrogen and oxygen atoms in total. The lowest BCUT2D eigenvalue weighted by Gasteiger charge is -2.44. The number of nitrogens with zero attached hydrogens (tertiary/aromatic N) is 4. The van der Waals surface area contributed by atoms with Crippen molar-refractivity contribution in [2.45, 2.75) is 43.5 Å². The van der Waals surface area contributed by atoms with Crippen LogP contribution < -0.4 is 16.3 Å². The van der Waals surface area contributed by atoms with Gasteiger partial charge in [0.1, 0.15) is 5.82 Å². The summed E-state index contributed by atoms with van der Waals surface area (Å²) in [6, 6.07) is 0.283. The average molecular weight is 681 g/mol. The van der Waals surface area contributed by atoms with Crippen LogP contribution in [0.4, 0.5) is 19.0 Å². The summed E-state index contributed by atoms with van der Waals surface area (Å²) in [6.45, 7) is 7.58. The molecule has 2 atom stereocenters. The summed E-state index contributed by atoms with van der Waals surface area (Å²) >= 11 is 2.13. The van der Waals surface area contributed by atoms with Gasteiger partial charge in [0.05, 0.1) is 38.5 Å². The Labute approximate surface area is 262 Å². The topological polar surface area (TPSA) is 141 Å². The van der Waals surface area contributed by atoms with Crippen molar-refractivity contribution in [3.63, 3.8) is 0 Å². The number of hydrogen-bond acceptors (Lipinski definition) is 9. The van der Waals surface area contributed by atoms with Gasteiger partial charge in [-0.3, -0.25) is 9.36 Å². The molecule has 0 saturated carbocycles. The van der Waals surface area contributed by atoms with Crippen LogP contribution in [0.2, 0.25) is 0 Å². The minimum absolute atomic E-state index is 0.0189. The van der Waals surface area contributed by atoms with Crippen molar-refractivity contribution >= 4 is 66.6 Å². The van der Waals surface area contributed by atoms with Crippen LogP contribution in [0.15, 0.2) is 38.6 Å². The van der Waals surface area contributed by atoms with Crippen molar-refractivity contribution < 1.29 is 26.4 Å². The quantitative estimate of drug-likeness (QED) is 0.314. The van der Waals surface area contributed by atoms with Crippen molar-refractivity contribution in [3.05, 3.63) is 50.6 Å². The zero-order valence-electron chi connectivity index (χ0n) is 24.0. The van der Waals surface area contributed by atoms with Gasteiger partial charge < -0.3 is 19.8 Å². The number of fused-ring (bicyclic) bond motifs is 1. The molecular formula is C28H27F3N6O5S3. The van der Waals surface area contributed by atoms with Gasteiger partial charge in [0.15, 0.2) is 9.84 Å². The molecule has 1 amide bonds. The number of piperazine rings is 1. The molecule has 0 radical (unpaired) electrons. The van der Waals surface area contributed by atoms with Crippen LogP contribution in [0.5, 0.6) is 0 Å². The highest BCUT2D eigenvalue weighted by atomic mass is 32.2. The molecule has 238 valence electrons. The molecule has 17 heteroatoms. The third-order valence-electron chi connectivity index (χ3n) is 8.72. The highest BCUT2D eigenvalue weighted by molar-refractivity contribution is 8.00. The number of aromatic nitrogens is 4. The van der Waals surface area contributed by atoms with Gasteiger partial charge in [-0.15, -0.1) is 23.1 Å². The van der Waals surface area contributed by atoms with Crippen molar-refractivity contribution in [3.8, 4) is 10.4 Å². The van der Waals surface area contributed by atoms with Crippen LogP contribution >= 0.6 is 23.1 Å². The molecule has 1 aromatic carbocycles. The molecule has 0 unspecified atom stereocenters. The van der Waals surface area contributed by atoms with Crippen molar-refractivity contribution in [2.24, 2.45) is 5.41 Å². The van der Waals surface area contributed by atoms with Gasteiger partial charge in [-0.2, -0.15) is 18.2 Å². The second kappa shape index (κ2) is 9.96. The van der Waals surface area contributed by atoms with Crippen LogP contribution in [0.1, 0.15) is 19.4 Å². The third-order valence-corrected chi connectivity index (χ3v) is 13.3. The molecule has 6 heterocycles. The zero-order valence-corrected chi connectivity index (χ0v) is 26.5. The number of amides is 1. The fourth-order valence-electron chi connectivity index (χ4n) is 7.10. The smallest absolute Gasteiger partial charge is 0.352 e. The molecule has 4 aromatic rings. The lowest BCUT2D eigenvalue weighted by Crippen LogP contribution is -2.59. The number of hydrogen-bond donors (Lipinski definition) is 2. The van der Waals surface area contributed by atoms with Crippen molar-refractivity contribution in [1.29, 1.82) is 0 Å². The Hall–Kier alpha value is -3.57. The number of H-pyrrole nitrogens is 2. The second-order valence-corrected chi connectivity index (χ2v) is 16.1. The summed E-state index contributed by atoms with van der Waals surface area (Å²) < 4.78 is 71.2. The van der Waals surface area contributed by atoms with Crippen molar-refractivity contribution in [2.75, 3.05) is 35.2 Å². The summed E-state index contributed by atoms with van der Waals surface area (Å²) in [6.07, 6.45) is -3.63. The number of rotatable bonds is 3. The Morgan fingerprint density at radius 1 is 1.18 bits per heavy atom. The van der Waals surface area contributed by atoms with Gasteiger partial charge in [0.2, 0.25) is 5.91 Å². The van der Waals surface area contributed by atoms with Gasteiger partial charge in [0, 0.05) is 64.1 Å². The first-order valence-corrected chi connectivity index (χ1v) is 17.7. The maximum Gasteiger partial charge on any atom is 0.417 e. The average Bonchev–Trinajstić information content (AvgIpc) is 3.43. The summed E-state index contributed by atoms with van der Waals surface area (Å²) in [4.78, 5) is 51.7. The number of aromatic amines is 2. The minimum Gasteiger partial charge on any atom is -0.352 e. The predicted molar refractivity (Wildman–Crippen MR) is 167 cm³/mol. The number of benzene rings is 1. The maximum absolute atomic E-state index is 15.1. The molecule has 3 aromatic heterocycles. The number of carbonyl (C=O) groups excluding carboxylic acids is 1. The molecule has 0 bridgehead atoms.